The predicted molar refractivity (Wildman–Crippen MR) is 115 cm³/mol. The molecule has 0 saturated heterocycles. The Morgan fingerprint density at radius 2 is 1.76 bits per heavy atom. The molecule has 0 atom stereocenters. The third-order valence-electron chi connectivity index (χ3n) is 5.08. The summed E-state index contributed by atoms with van der Waals surface area (Å²) in [5.41, 5.74) is 5.20. The Morgan fingerprint density at radius 1 is 0.931 bits per heavy atom. The van der Waals surface area contributed by atoms with Gasteiger partial charge in [0.05, 0.1) is 11.4 Å². The Bertz CT molecular complexity index is 1150. The maximum absolute atomic E-state index is 4.55. The molecule has 29 heavy (non-hydrogen) atoms. The molecule has 2 N–H and O–H groups in total. The second kappa shape index (κ2) is 7.48. The van der Waals surface area contributed by atoms with Crippen molar-refractivity contribution in [3.63, 3.8) is 0 Å². The lowest BCUT2D eigenvalue weighted by molar-refractivity contribution is 0.675. The summed E-state index contributed by atoms with van der Waals surface area (Å²) in [4.78, 5) is 4.55. The van der Waals surface area contributed by atoms with Crippen molar-refractivity contribution in [2.45, 2.75) is 19.9 Å². The number of pyridine rings is 1. The number of hydrogen-bond donors (Lipinski definition) is 2. The zero-order chi connectivity index (χ0) is 19.6. The number of nitrogens with one attached hydrogen (secondary N) is 2. The van der Waals surface area contributed by atoms with E-state index < -0.39 is 0 Å². The van der Waals surface area contributed by atoms with Crippen molar-refractivity contribution in [3.8, 4) is 28.5 Å². The van der Waals surface area contributed by atoms with Gasteiger partial charge in [0.15, 0.2) is 17.5 Å². The van der Waals surface area contributed by atoms with Crippen LogP contribution in [-0.2, 0) is 6.54 Å². The first-order chi connectivity index (χ1) is 14.3. The van der Waals surface area contributed by atoms with E-state index in [0.717, 1.165) is 59.5 Å². The number of anilines is 2. The van der Waals surface area contributed by atoms with Crippen molar-refractivity contribution in [2.75, 3.05) is 11.9 Å². The average molecular weight is 382 g/mol. The maximum atomic E-state index is 4.55. The van der Waals surface area contributed by atoms with Gasteiger partial charge in [0.2, 0.25) is 0 Å². The molecule has 0 spiro atoms. The fraction of sp³-hybridized carbons (Fsp3) is 0.174. The van der Waals surface area contributed by atoms with Gasteiger partial charge in [-0.25, -0.2) is 4.98 Å². The highest BCUT2D eigenvalue weighted by atomic mass is 15.3. The van der Waals surface area contributed by atoms with Crippen LogP contribution in [-0.4, -0.2) is 26.3 Å². The van der Waals surface area contributed by atoms with Gasteiger partial charge in [0.25, 0.3) is 0 Å². The van der Waals surface area contributed by atoms with Crippen molar-refractivity contribution in [3.05, 3.63) is 72.4 Å². The van der Waals surface area contributed by atoms with E-state index in [9.17, 15) is 0 Å². The van der Waals surface area contributed by atoms with Gasteiger partial charge in [-0.15, -0.1) is 10.2 Å². The van der Waals surface area contributed by atoms with E-state index in [0.29, 0.717) is 0 Å². The quantitative estimate of drug-likeness (QED) is 0.437. The molecule has 1 aliphatic rings. The maximum Gasteiger partial charge on any atom is 0.171 e. The van der Waals surface area contributed by atoms with E-state index in [-0.39, 0.29) is 0 Å². The summed E-state index contributed by atoms with van der Waals surface area (Å²) in [7, 11) is 0. The molecule has 0 fully saturated rings. The minimum atomic E-state index is 0.792. The van der Waals surface area contributed by atoms with Gasteiger partial charge in [-0.2, -0.15) is 0 Å². The first-order valence-corrected chi connectivity index (χ1v) is 9.92. The molecule has 0 aliphatic carbocycles. The fourth-order valence-electron chi connectivity index (χ4n) is 3.64. The molecule has 2 aromatic heterocycles. The number of hydrogen-bond acceptors (Lipinski definition) is 5. The van der Waals surface area contributed by atoms with Crippen LogP contribution in [0.2, 0.25) is 0 Å². The highest BCUT2D eigenvalue weighted by molar-refractivity contribution is 5.84. The van der Waals surface area contributed by atoms with E-state index in [4.69, 9.17) is 0 Å². The molecular weight excluding hydrogens is 360 g/mol. The third-order valence-corrected chi connectivity index (χ3v) is 5.08. The molecule has 4 aromatic rings. The summed E-state index contributed by atoms with van der Waals surface area (Å²) in [6, 6.07) is 20.6. The van der Waals surface area contributed by atoms with Crippen LogP contribution in [0.25, 0.3) is 28.5 Å². The Morgan fingerprint density at radius 3 is 2.62 bits per heavy atom. The monoisotopic (exact) mass is 382 g/mol. The second-order valence-electron chi connectivity index (χ2n) is 7.10. The van der Waals surface area contributed by atoms with Crippen molar-refractivity contribution in [2.24, 2.45) is 0 Å². The zero-order valence-corrected chi connectivity index (χ0v) is 16.3. The van der Waals surface area contributed by atoms with Crippen LogP contribution in [0.3, 0.4) is 0 Å². The van der Waals surface area contributed by atoms with Gasteiger partial charge < -0.3 is 10.6 Å². The van der Waals surface area contributed by atoms with Crippen LogP contribution in [0.5, 0.6) is 0 Å². The molecule has 6 heteroatoms. The topological polar surface area (TPSA) is 67.7 Å². The molecule has 2 aromatic carbocycles. The lowest BCUT2D eigenvalue weighted by Crippen LogP contribution is -2.13. The number of rotatable bonds is 5. The molecule has 0 saturated carbocycles. The smallest absolute Gasteiger partial charge is 0.171 e. The fourth-order valence-corrected chi connectivity index (χ4v) is 3.64. The minimum absolute atomic E-state index is 0.792. The molecule has 144 valence electrons. The summed E-state index contributed by atoms with van der Waals surface area (Å²) in [5.74, 6) is 2.41. The summed E-state index contributed by atoms with van der Waals surface area (Å²) < 4.78 is 2.09. The highest BCUT2D eigenvalue weighted by Gasteiger charge is 2.24. The average Bonchev–Trinajstić information content (AvgIpc) is 3.14. The Hall–Kier alpha value is -3.51. The number of fused-ring (bicyclic) bond motifs is 5. The van der Waals surface area contributed by atoms with Gasteiger partial charge in [-0.3, -0.25) is 4.57 Å². The SMILES string of the molecule is CCCNCc1ccc(-c2nnc3n2-c2cccnc2Nc2ccccc2-3)cc1. The second-order valence-corrected chi connectivity index (χ2v) is 7.10. The Balaban J connectivity index is 1.62. The van der Waals surface area contributed by atoms with Crippen LogP contribution >= 0.6 is 0 Å². The van der Waals surface area contributed by atoms with Crippen molar-refractivity contribution in [1.82, 2.24) is 25.1 Å². The van der Waals surface area contributed by atoms with Gasteiger partial charge in [-0.05, 0) is 42.8 Å². The van der Waals surface area contributed by atoms with Crippen molar-refractivity contribution in [1.29, 1.82) is 0 Å². The molecule has 3 heterocycles. The molecule has 0 radical (unpaired) electrons. The molecule has 0 amide bonds. The van der Waals surface area contributed by atoms with Gasteiger partial charge >= 0.3 is 0 Å². The van der Waals surface area contributed by atoms with Crippen LogP contribution in [0.15, 0.2) is 66.9 Å². The van der Waals surface area contributed by atoms with E-state index in [1.807, 2.05) is 30.3 Å². The number of para-hydroxylation sites is 1. The Labute approximate surface area is 169 Å². The normalized spacial score (nSPS) is 11.8. The standard InChI is InChI=1S/C23H22N6/c1-2-13-24-15-16-9-11-17(12-10-16)22-27-28-23-18-6-3-4-7-19(18)26-21-20(29(22)23)8-5-14-25-21/h3-12,14,24H,2,13,15H2,1H3,(H,25,26). The Kier molecular flexibility index (Phi) is 4.54. The molecular formula is C23H22N6. The highest BCUT2D eigenvalue weighted by Crippen LogP contribution is 2.38. The molecule has 5 rings (SSSR count). The van der Waals surface area contributed by atoms with Crippen molar-refractivity contribution >= 4 is 11.5 Å². The van der Waals surface area contributed by atoms with E-state index in [1.54, 1.807) is 6.20 Å². The van der Waals surface area contributed by atoms with E-state index >= 15 is 0 Å². The zero-order valence-electron chi connectivity index (χ0n) is 16.3. The molecule has 1 aliphatic heterocycles. The molecule has 6 nitrogen and oxygen atoms in total. The van der Waals surface area contributed by atoms with Crippen LogP contribution in [0.1, 0.15) is 18.9 Å². The summed E-state index contributed by atoms with van der Waals surface area (Å²) in [6.07, 6.45) is 2.93. The summed E-state index contributed by atoms with van der Waals surface area (Å²) in [5, 5.41) is 16.0. The number of aromatic nitrogens is 4. The number of benzene rings is 2. The minimum Gasteiger partial charge on any atom is -0.338 e. The van der Waals surface area contributed by atoms with E-state index in [1.165, 1.54) is 5.56 Å². The van der Waals surface area contributed by atoms with Crippen LogP contribution in [0.4, 0.5) is 11.5 Å². The predicted octanol–water partition coefficient (Wildman–Crippen LogP) is 4.55. The van der Waals surface area contributed by atoms with Crippen molar-refractivity contribution < 1.29 is 0 Å². The van der Waals surface area contributed by atoms with E-state index in [2.05, 4.69) is 67.6 Å². The molecule has 0 bridgehead atoms. The van der Waals surface area contributed by atoms with Crippen LogP contribution < -0.4 is 10.6 Å². The summed E-state index contributed by atoms with van der Waals surface area (Å²) in [6.45, 7) is 4.07. The third kappa shape index (κ3) is 3.17. The summed E-state index contributed by atoms with van der Waals surface area (Å²) >= 11 is 0. The van der Waals surface area contributed by atoms with Crippen LogP contribution in [0, 0.1) is 0 Å². The van der Waals surface area contributed by atoms with Gasteiger partial charge in [0, 0.05) is 23.9 Å². The van der Waals surface area contributed by atoms with Gasteiger partial charge in [-0.1, -0.05) is 43.3 Å². The lowest BCUT2D eigenvalue weighted by atomic mass is 10.1. The first kappa shape index (κ1) is 17.6. The largest absolute Gasteiger partial charge is 0.338 e. The number of nitrogens with zero attached hydrogens (tertiary/aromatic N) is 4. The first-order valence-electron chi connectivity index (χ1n) is 9.92. The molecule has 0 unspecified atom stereocenters. The van der Waals surface area contributed by atoms with Gasteiger partial charge in [0.1, 0.15) is 0 Å². The lowest BCUT2D eigenvalue weighted by Gasteiger charge is -2.11.